The van der Waals surface area contributed by atoms with Crippen molar-refractivity contribution in [2.75, 3.05) is 0 Å². The minimum absolute atomic E-state index is 1.15. The van der Waals surface area contributed by atoms with E-state index in [-0.39, 0.29) is 0 Å². The van der Waals surface area contributed by atoms with Gasteiger partial charge in [-0.3, -0.25) is 0 Å². The van der Waals surface area contributed by atoms with Gasteiger partial charge in [0.25, 0.3) is 0 Å². The van der Waals surface area contributed by atoms with Gasteiger partial charge in [-0.2, -0.15) is 0 Å². The van der Waals surface area contributed by atoms with E-state index in [1.165, 1.54) is 171 Å². The Morgan fingerprint density at radius 3 is 0.760 bits per heavy atom. The third-order valence-corrected chi connectivity index (χ3v) is 20.2. The van der Waals surface area contributed by atoms with Gasteiger partial charge < -0.3 is 18.3 Å². The normalized spacial score (nSPS) is 11.6. The zero-order valence-corrected chi connectivity index (χ0v) is 54.7. The second kappa shape index (κ2) is 24.4. The zero-order chi connectivity index (χ0) is 66.0. The molecular weight excluding hydrogens is 1210 g/mol. The number of fused-ring (bicyclic) bond motifs is 12. The molecule has 20 rings (SSSR count). The predicted molar refractivity (Wildman–Crippen MR) is 423 cm³/mol. The van der Waals surface area contributed by atoms with E-state index in [0.29, 0.717) is 0 Å². The van der Waals surface area contributed by atoms with Gasteiger partial charge >= 0.3 is 0 Å². The van der Waals surface area contributed by atoms with Gasteiger partial charge in [0.05, 0.1) is 49.8 Å². The summed E-state index contributed by atoms with van der Waals surface area (Å²) in [5.41, 5.74) is 28.8. The van der Waals surface area contributed by atoms with Crippen molar-refractivity contribution in [3.05, 3.63) is 388 Å². The van der Waals surface area contributed by atoms with Gasteiger partial charge in [-0.15, -0.1) is 0 Å². The van der Waals surface area contributed by atoms with Crippen molar-refractivity contribution in [3.63, 3.8) is 0 Å². The first-order valence-corrected chi connectivity index (χ1v) is 34.4. The Balaban J connectivity index is 0.000000139. The molecule has 0 aliphatic rings. The smallest absolute Gasteiger partial charge is 0.0541 e. The highest BCUT2D eigenvalue weighted by atomic mass is 15.0. The maximum atomic E-state index is 2.45. The highest BCUT2D eigenvalue weighted by molar-refractivity contribution is 6.15. The van der Waals surface area contributed by atoms with Crippen LogP contribution in [0.2, 0.25) is 0 Å². The van der Waals surface area contributed by atoms with Crippen LogP contribution in [-0.4, -0.2) is 18.3 Å². The molecule has 0 aliphatic carbocycles. The summed E-state index contributed by atoms with van der Waals surface area (Å²) in [6, 6.07) is 141. The lowest BCUT2D eigenvalue weighted by Crippen LogP contribution is -1.98. The lowest BCUT2D eigenvalue weighted by atomic mass is 9.97. The van der Waals surface area contributed by atoms with Crippen molar-refractivity contribution < 1.29 is 0 Å². The maximum absolute atomic E-state index is 2.45. The molecule has 100 heavy (non-hydrogen) atoms. The van der Waals surface area contributed by atoms with E-state index in [9.17, 15) is 0 Å². The fourth-order valence-electron chi connectivity index (χ4n) is 15.6. The summed E-state index contributed by atoms with van der Waals surface area (Å²) in [4.78, 5) is 0. The maximum Gasteiger partial charge on any atom is 0.0541 e. The Bertz CT molecular complexity index is 6420. The monoisotopic (exact) mass is 1270 g/mol. The lowest BCUT2D eigenvalue weighted by Gasteiger charge is -2.16. The van der Waals surface area contributed by atoms with Crippen LogP contribution >= 0.6 is 0 Å². The molecule has 0 radical (unpaired) electrons. The molecule has 4 aromatic heterocycles. The molecule has 0 aliphatic heterocycles. The van der Waals surface area contributed by atoms with Gasteiger partial charge in [0.2, 0.25) is 0 Å². The van der Waals surface area contributed by atoms with Gasteiger partial charge in [-0.25, -0.2) is 0 Å². The predicted octanol–water partition coefficient (Wildman–Crippen LogP) is 25.8. The first kappa shape index (κ1) is 58.1. The molecule has 0 spiro atoms. The number of rotatable bonds is 10. The van der Waals surface area contributed by atoms with E-state index in [1.807, 2.05) is 0 Å². The summed E-state index contributed by atoms with van der Waals surface area (Å²) in [5.74, 6) is 0. The number of para-hydroxylation sites is 6. The number of benzene rings is 16. The Hall–Kier alpha value is -13.3. The second-order valence-corrected chi connectivity index (χ2v) is 26.0. The van der Waals surface area contributed by atoms with E-state index in [0.717, 1.165) is 5.69 Å². The first-order valence-electron chi connectivity index (χ1n) is 34.4. The third-order valence-electron chi connectivity index (χ3n) is 20.2. The lowest BCUT2D eigenvalue weighted by molar-refractivity contribution is 1.18. The number of aromatic nitrogens is 4. The summed E-state index contributed by atoms with van der Waals surface area (Å²) in [6.07, 6.45) is 0. The molecule has 4 heteroatoms. The third kappa shape index (κ3) is 10.00. The van der Waals surface area contributed by atoms with Gasteiger partial charge in [-0.05, 0) is 189 Å². The summed E-state index contributed by atoms with van der Waals surface area (Å²) >= 11 is 0. The molecule has 4 nitrogen and oxygen atoms in total. The van der Waals surface area contributed by atoms with Crippen LogP contribution in [0.25, 0.3) is 177 Å². The SMILES string of the molecule is c1ccc(-c2cc(-c3ccccc3)cc(-n3c4ccccc4c4cc(-c5ccc6c(c5)c5ccccc5n6-c5ccccc5)ccc43)c2)cc1.c1ccc(-c2ccc(-n3c4ccccc4c4cc(-c5ccc6c(c5)c5ccccc5n6-c5ccccc5)ccc43)c(-c3ccccc3)c2)cc1. The Morgan fingerprint density at radius 1 is 0.130 bits per heavy atom. The first-order chi connectivity index (χ1) is 49.6. The summed E-state index contributed by atoms with van der Waals surface area (Å²) in [5, 5.41) is 10.0. The molecule has 16 aromatic carbocycles. The Kier molecular flexibility index (Phi) is 14.2. The summed E-state index contributed by atoms with van der Waals surface area (Å²) in [6.45, 7) is 0. The van der Waals surface area contributed by atoms with Crippen LogP contribution < -0.4 is 0 Å². The van der Waals surface area contributed by atoms with Crippen LogP contribution in [0, 0.1) is 0 Å². The van der Waals surface area contributed by atoms with E-state index < -0.39 is 0 Å². The average molecular weight is 1270 g/mol. The van der Waals surface area contributed by atoms with E-state index in [4.69, 9.17) is 0 Å². The Labute approximate surface area is 579 Å². The van der Waals surface area contributed by atoms with Crippen LogP contribution in [0.5, 0.6) is 0 Å². The minimum Gasteiger partial charge on any atom is -0.309 e. The van der Waals surface area contributed by atoms with Gasteiger partial charge in [-0.1, -0.05) is 261 Å². The molecule has 0 fully saturated rings. The molecule has 0 atom stereocenters. The van der Waals surface area contributed by atoms with Crippen LogP contribution in [-0.2, 0) is 0 Å². The summed E-state index contributed by atoms with van der Waals surface area (Å²) in [7, 11) is 0. The molecule has 0 saturated heterocycles. The second-order valence-electron chi connectivity index (χ2n) is 26.0. The van der Waals surface area contributed by atoms with E-state index >= 15 is 0 Å². The van der Waals surface area contributed by atoms with Crippen molar-refractivity contribution in [1.82, 2.24) is 18.3 Å². The van der Waals surface area contributed by atoms with Crippen molar-refractivity contribution in [2.45, 2.75) is 0 Å². The van der Waals surface area contributed by atoms with Gasteiger partial charge in [0, 0.05) is 65.7 Å². The van der Waals surface area contributed by atoms with Crippen molar-refractivity contribution in [1.29, 1.82) is 0 Å². The van der Waals surface area contributed by atoms with Crippen molar-refractivity contribution in [2.24, 2.45) is 0 Å². The topological polar surface area (TPSA) is 19.7 Å². The Morgan fingerprint density at radius 2 is 0.390 bits per heavy atom. The molecule has 0 N–H and O–H groups in total. The average Bonchev–Trinajstić information content (AvgIpc) is 1.59. The van der Waals surface area contributed by atoms with Crippen LogP contribution in [0.4, 0.5) is 0 Å². The highest BCUT2D eigenvalue weighted by Gasteiger charge is 2.21. The molecule has 468 valence electrons. The van der Waals surface area contributed by atoms with Crippen LogP contribution in [0.3, 0.4) is 0 Å². The fraction of sp³-hybridized carbons (Fsp3) is 0. The largest absolute Gasteiger partial charge is 0.309 e. The van der Waals surface area contributed by atoms with E-state index in [2.05, 4.69) is 407 Å². The molecular formula is C96H64N4. The van der Waals surface area contributed by atoms with Crippen molar-refractivity contribution >= 4 is 87.2 Å². The minimum atomic E-state index is 1.15. The zero-order valence-electron chi connectivity index (χ0n) is 54.7. The number of hydrogen-bond acceptors (Lipinski definition) is 0. The van der Waals surface area contributed by atoms with Crippen LogP contribution in [0.15, 0.2) is 388 Å². The van der Waals surface area contributed by atoms with Gasteiger partial charge in [0.1, 0.15) is 0 Å². The fourth-order valence-corrected chi connectivity index (χ4v) is 15.6. The molecule has 4 heterocycles. The summed E-state index contributed by atoms with van der Waals surface area (Å²) < 4.78 is 9.63. The molecule has 0 unspecified atom stereocenters. The molecule has 0 bridgehead atoms. The molecule has 0 amide bonds. The van der Waals surface area contributed by atoms with Gasteiger partial charge in [0.15, 0.2) is 0 Å². The quantitative estimate of drug-likeness (QED) is 0.130. The highest BCUT2D eigenvalue weighted by Crippen LogP contribution is 2.44. The molecule has 20 aromatic rings. The number of hydrogen-bond donors (Lipinski definition) is 0. The molecule has 0 saturated carbocycles. The number of nitrogens with zero attached hydrogens (tertiary/aromatic N) is 4. The van der Waals surface area contributed by atoms with Crippen molar-refractivity contribution in [3.8, 4) is 89.5 Å². The van der Waals surface area contributed by atoms with Crippen LogP contribution in [0.1, 0.15) is 0 Å². The standard InChI is InChI=1S/2C48H32N2/c1-4-14-33(15-5-1)35-24-27-46(41(30-35)34-16-6-2-7-17-34)50-45-23-13-11-21-40(45)43-32-37(26-29-48(43)50)36-25-28-47-42(31-36)39-20-10-12-22-44(39)49(47)38-18-8-3-9-19-38;1-4-14-33(15-5-1)37-28-38(34-16-6-2-7-17-34)30-40(29-37)50-46-23-13-11-21-42(46)44-32-36(25-27-48(44)50)35-24-26-47-43(31-35)41-20-10-12-22-45(41)49(47)39-18-8-3-9-19-39/h2*1-32H. The van der Waals surface area contributed by atoms with E-state index in [1.54, 1.807) is 0 Å².